The Bertz CT molecular complexity index is 1120. The van der Waals surface area contributed by atoms with Crippen molar-refractivity contribution in [2.75, 3.05) is 32.2 Å². The Kier molecular flexibility index (Phi) is 7.26. The SMILES string of the molecule is COCCOc1ccc(C(F)(F)F)cc1NC(=O)COC(=O)c1ccc2ccccc2n1. The van der Waals surface area contributed by atoms with Crippen molar-refractivity contribution in [2.24, 2.45) is 0 Å². The number of hydrogen-bond acceptors (Lipinski definition) is 6. The van der Waals surface area contributed by atoms with Crippen molar-refractivity contribution in [3.8, 4) is 5.75 Å². The third-order valence-corrected chi connectivity index (χ3v) is 4.27. The van der Waals surface area contributed by atoms with Crippen LogP contribution in [-0.4, -0.2) is 43.8 Å². The number of carbonyl (C=O) groups excluding carboxylic acids is 2. The Hall–Kier alpha value is -3.66. The molecule has 2 aromatic carbocycles. The van der Waals surface area contributed by atoms with Gasteiger partial charge in [-0.1, -0.05) is 24.3 Å². The average Bonchev–Trinajstić information content (AvgIpc) is 2.77. The van der Waals surface area contributed by atoms with E-state index in [1.807, 2.05) is 12.1 Å². The summed E-state index contributed by atoms with van der Waals surface area (Å²) in [5.74, 6) is -1.66. The van der Waals surface area contributed by atoms with Crippen LogP contribution in [0.3, 0.4) is 0 Å². The van der Waals surface area contributed by atoms with E-state index in [1.54, 1.807) is 18.2 Å². The zero-order valence-electron chi connectivity index (χ0n) is 16.9. The Morgan fingerprint density at radius 1 is 1.03 bits per heavy atom. The fourth-order valence-electron chi connectivity index (χ4n) is 2.74. The first-order valence-corrected chi connectivity index (χ1v) is 9.43. The molecule has 32 heavy (non-hydrogen) atoms. The van der Waals surface area contributed by atoms with E-state index in [-0.39, 0.29) is 30.3 Å². The average molecular weight is 448 g/mol. The van der Waals surface area contributed by atoms with Crippen LogP contribution in [0.1, 0.15) is 16.1 Å². The molecule has 0 aliphatic carbocycles. The number of halogens is 3. The molecule has 0 unspecified atom stereocenters. The van der Waals surface area contributed by atoms with E-state index in [1.165, 1.54) is 13.2 Å². The molecule has 3 rings (SSSR count). The summed E-state index contributed by atoms with van der Waals surface area (Å²) >= 11 is 0. The number of ether oxygens (including phenoxy) is 3. The first-order chi connectivity index (χ1) is 15.3. The minimum absolute atomic E-state index is 0.000781. The minimum Gasteiger partial charge on any atom is -0.489 e. The highest BCUT2D eigenvalue weighted by molar-refractivity contribution is 5.96. The van der Waals surface area contributed by atoms with Gasteiger partial charge in [-0.2, -0.15) is 13.2 Å². The molecule has 0 saturated carbocycles. The lowest BCUT2D eigenvalue weighted by atomic mass is 10.1. The highest BCUT2D eigenvalue weighted by Crippen LogP contribution is 2.35. The van der Waals surface area contributed by atoms with Crippen molar-refractivity contribution in [2.45, 2.75) is 6.18 Å². The second-order valence-corrected chi connectivity index (χ2v) is 6.56. The molecule has 0 atom stereocenters. The van der Waals surface area contributed by atoms with Gasteiger partial charge in [0.2, 0.25) is 0 Å². The second kappa shape index (κ2) is 10.1. The summed E-state index contributed by atoms with van der Waals surface area (Å²) in [6.45, 7) is -0.459. The van der Waals surface area contributed by atoms with E-state index in [0.717, 1.165) is 23.6 Å². The maximum atomic E-state index is 13.0. The normalized spacial score (nSPS) is 11.2. The van der Waals surface area contributed by atoms with Gasteiger partial charge in [0.1, 0.15) is 18.1 Å². The van der Waals surface area contributed by atoms with Crippen LogP contribution in [0.2, 0.25) is 0 Å². The van der Waals surface area contributed by atoms with E-state index in [0.29, 0.717) is 5.52 Å². The molecule has 7 nitrogen and oxygen atoms in total. The van der Waals surface area contributed by atoms with Crippen molar-refractivity contribution in [3.05, 3.63) is 65.9 Å². The van der Waals surface area contributed by atoms with Crippen LogP contribution < -0.4 is 10.1 Å². The van der Waals surface area contributed by atoms with Crippen LogP contribution in [0.15, 0.2) is 54.6 Å². The lowest BCUT2D eigenvalue weighted by molar-refractivity contribution is -0.137. The van der Waals surface area contributed by atoms with Crippen molar-refractivity contribution < 1.29 is 37.0 Å². The number of pyridine rings is 1. The maximum Gasteiger partial charge on any atom is 0.416 e. The number of fused-ring (bicyclic) bond motifs is 1. The highest BCUT2D eigenvalue weighted by Gasteiger charge is 2.31. The smallest absolute Gasteiger partial charge is 0.416 e. The quantitative estimate of drug-likeness (QED) is 0.413. The van der Waals surface area contributed by atoms with Gasteiger partial charge in [-0.15, -0.1) is 0 Å². The Balaban J connectivity index is 1.67. The largest absolute Gasteiger partial charge is 0.489 e. The van der Waals surface area contributed by atoms with Crippen molar-refractivity contribution in [1.82, 2.24) is 4.98 Å². The Morgan fingerprint density at radius 2 is 1.81 bits per heavy atom. The number of amides is 1. The van der Waals surface area contributed by atoms with Crippen LogP contribution >= 0.6 is 0 Å². The van der Waals surface area contributed by atoms with Gasteiger partial charge in [0.25, 0.3) is 5.91 Å². The molecular weight excluding hydrogens is 429 g/mol. The number of carbonyl (C=O) groups is 2. The molecule has 0 aliphatic rings. The van der Waals surface area contributed by atoms with Gasteiger partial charge in [-0.05, 0) is 30.3 Å². The van der Waals surface area contributed by atoms with Crippen LogP contribution in [-0.2, 0) is 20.4 Å². The summed E-state index contributed by atoms with van der Waals surface area (Å²) in [5.41, 5.74) is -0.600. The predicted molar refractivity (Wildman–Crippen MR) is 109 cm³/mol. The number of nitrogens with zero attached hydrogens (tertiary/aromatic N) is 1. The van der Waals surface area contributed by atoms with E-state index >= 15 is 0 Å². The zero-order valence-corrected chi connectivity index (χ0v) is 16.9. The van der Waals surface area contributed by atoms with Crippen molar-refractivity contribution in [3.63, 3.8) is 0 Å². The highest BCUT2D eigenvalue weighted by atomic mass is 19.4. The van der Waals surface area contributed by atoms with E-state index < -0.39 is 30.2 Å². The molecule has 0 bridgehead atoms. The summed E-state index contributed by atoms with van der Waals surface area (Å²) in [4.78, 5) is 28.6. The van der Waals surface area contributed by atoms with Crippen LogP contribution in [0.25, 0.3) is 10.9 Å². The van der Waals surface area contributed by atoms with Gasteiger partial charge < -0.3 is 19.5 Å². The molecule has 1 heterocycles. The molecule has 3 aromatic rings. The summed E-state index contributed by atoms with van der Waals surface area (Å²) in [7, 11) is 1.44. The summed E-state index contributed by atoms with van der Waals surface area (Å²) in [5, 5.41) is 3.11. The van der Waals surface area contributed by atoms with Gasteiger partial charge in [0.05, 0.1) is 23.4 Å². The first kappa shape index (κ1) is 23.0. The van der Waals surface area contributed by atoms with Gasteiger partial charge in [-0.25, -0.2) is 9.78 Å². The number of nitrogens with one attached hydrogen (secondary N) is 1. The Morgan fingerprint density at radius 3 is 2.56 bits per heavy atom. The number of alkyl halides is 3. The number of aromatic nitrogens is 1. The second-order valence-electron chi connectivity index (χ2n) is 6.56. The fraction of sp³-hybridized carbons (Fsp3) is 0.227. The molecule has 168 valence electrons. The molecular formula is C22H19F3N2O5. The summed E-state index contributed by atoms with van der Waals surface area (Å²) in [6, 6.07) is 13.0. The number of hydrogen-bond donors (Lipinski definition) is 1. The molecule has 0 aliphatic heterocycles. The van der Waals surface area contributed by atoms with Crippen molar-refractivity contribution >= 4 is 28.5 Å². The standard InChI is InChI=1S/C22H19F3N2O5/c1-30-10-11-31-19-9-7-15(22(23,24)25)12-18(19)27-20(28)13-32-21(29)17-8-6-14-4-2-3-5-16(14)26-17/h2-9,12H,10-11,13H2,1H3,(H,27,28). The first-order valence-electron chi connectivity index (χ1n) is 9.43. The van der Waals surface area contributed by atoms with Gasteiger partial charge >= 0.3 is 12.1 Å². The van der Waals surface area contributed by atoms with Crippen molar-refractivity contribution in [1.29, 1.82) is 0 Å². The summed E-state index contributed by atoms with van der Waals surface area (Å²) in [6.07, 6.45) is -4.61. The number of esters is 1. The predicted octanol–water partition coefficient (Wildman–Crippen LogP) is 4.07. The van der Waals surface area contributed by atoms with Crippen LogP contribution in [0.4, 0.5) is 18.9 Å². The maximum absolute atomic E-state index is 13.0. The lowest BCUT2D eigenvalue weighted by Crippen LogP contribution is -2.22. The topological polar surface area (TPSA) is 86.8 Å². The molecule has 0 fully saturated rings. The molecule has 10 heteroatoms. The van der Waals surface area contributed by atoms with Crippen LogP contribution in [0.5, 0.6) is 5.75 Å². The third kappa shape index (κ3) is 5.94. The number of anilines is 1. The third-order valence-electron chi connectivity index (χ3n) is 4.27. The fourth-order valence-corrected chi connectivity index (χ4v) is 2.74. The molecule has 0 radical (unpaired) electrons. The molecule has 1 amide bonds. The Labute approximate surface area is 181 Å². The number of rotatable bonds is 8. The van der Waals surface area contributed by atoms with Crippen LogP contribution in [0, 0.1) is 0 Å². The molecule has 1 aromatic heterocycles. The lowest BCUT2D eigenvalue weighted by Gasteiger charge is -2.15. The number of methoxy groups -OCH3 is 1. The monoisotopic (exact) mass is 448 g/mol. The summed E-state index contributed by atoms with van der Waals surface area (Å²) < 4.78 is 54.3. The number of benzene rings is 2. The number of para-hydroxylation sites is 1. The molecule has 0 spiro atoms. The molecule has 1 N–H and O–H groups in total. The molecule has 0 saturated heterocycles. The zero-order chi connectivity index (χ0) is 23.1. The van der Waals surface area contributed by atoms with E-state index in [2.05, 4.69) is 10.3 Å². The van der Waals surface area contributed by atoms with Gasteiger partial charge in [0.15, 0.2) is 6.61 Å². The van der Waals surface area contributed by atoms with Gasteiger partial charge in [-0.3, -0.25) is 4.79 Å². The van der Waals surface area contributed by atoms with Gasteiger partial charge in [0, 0.05) is 12.5 Å². The van der Waals surface area contributed by atoms with E-state index in [4.69, 9.17) is 14.2 Å². The minimum atomic E-state index is -4.61. The van der Waals surface area contributed by atoms with E-state index in [9.17, 15) is 22.8 Å².